The van der Waals surface area contributed by atoms with Crippen LogP contribution in [0.3, 0.4) is 0 Å². The Morgan fingerprint density at radius 1 is 1.24 bits per heavy atom. The third-order valence-corrected chi connectivity index (χ3v) is 2.56. The second-order valence-electron chi connectivity index (χ2n) is 3.70. The van der Waals surface area contributed by atoms with Crippen molar-refractivity contribution in [1.29, 1.82) is 0 Å². The average molecular weight is 254 g/mol. The molecule has 0 amide bonds. The smallest absolute Gasteiger partial charge is 0.118 e. The zero-order valence-electron chi connectivity index (χ0n) is 9.83. The first-order chi connectivity index (χ1) is 7.70. The number of ether oxygens (including phenoxy) is 1. The lowest BCUT2D eigenvalue weighted by molar-refractivity contribution is 0.414. The van der Waals surface area contributed by atoms with Crippen LogP contribution in [0.1, 0.15) is 17.2 Å². The molecule has 4 nitrogen and oxygen atoms in total. The van der Waals surface area contributed by atoms with Crippen LogP contribution in [0, 0.1) is 0 Å². The number of methoxy groups -OCH3 is 1. The van der Waals surface area contributed by atoms with Crippen LogP contribution >= 0.6 is 12.4 Å². The highest BCUT2D eigenvalue weighted by atomic mass is 35.5. The maximum Gasteiger partial charge on any atom is 0.118 e. The molecule has 0 aliphatic carbocycles. The summed E-state index contributed by atoms with van der Waals surface area (Å²) in [6, 6.07) is 7.61. The number of aryl methyl sites for hydroxylation is 1. The van der Waals surface area contributed by atoms with Gasteiger partial charge in [0.1, 0.15) is 5.75 Å². The molecule has 0 unspecified atom stereocenters. The molecule has 0 bridgehead atoms. The highest BCUT2D eigenvalue weighted by Crippen LogP contribution is 2.21. The van der Waals surface area contributed by atoms with Crippen molar-refractivity contribution in [3.05, 3.63) is 47.8 Å². The van der Waals surface area contributed by atoms with Crippen LogP contribution in [0.15, 0.2) is 36.7 Å². The Morgan fingerprint density at radius 3 is 2.35 bits per heavy atom. The summed E-state index contributed by atoms with van der Waals surface area (Å²) in [6.45, 7) is 0. The zero-order valence-corrected chi connectivity index (χ0v) is 10.6. The second-order valence-corrected chi connectivity index (χ2v) is 3.70. The van der Waals surface area contributed by atoms with Gasteiger partial charge in [-0.25, -0.2) is 0 Å². The van der Waals surface area contributed by atoms with Gasteiger partial charge in [0.2, 0.25) is 0 Å². The first-order valence-electron chi connectivity index (χ1n) is 5.09. The third kappa shape index (κ3) is 2.99. The summed E-state index contributed by atoms with van der Waals surface area (Å²) < 4.78 is 6.85. The van der Waals surface area contributed by atoms with Crippen LogP contribution in [0.5, 0.6) is 5.75 Å². The summed E-state index contributed by atoms with van der Waals surface area (Å²) >= 11 is 0. The lowest BCUT2D eigenvalue weighted by Gasteiger charge is -2.10. The molecule has 0 fully saturated rings. The number of aromatic nitrogens is 2. The highest BCUT2D eigenvalue weighted by Gasteiger charge is 2.10. The summed E-state index contributed by atoms with van der Waals surface area (Å²) in [6.07, 6.45) is 3.71. The molecule has 0 saturated heterocycles. The van der Waals surface area contributed by atoms with E-state index in [1.54, 1.807) is 18.0 Å². The Bertz CT molecular complexity index is 467. The average Bonchev–Trinajstić information content (AvgIpc) is 2.75. The van der Waals surface area contributed by atoms with Gasteiger partial charge in [0, 0.05) is 18.8 Å². The lowest BCUT2D eigenvalue weighted by atomic mass is 10.0. The van der Waals surface area contributed by atoms with E-state index in [-0.39, 0.29) is 18.4 Å². The third-order valence-electron chi connectivity index (χ3n) is 2.56. The Morgan fingerprint density at radius 2 is 1.88 bits per heavy atom. The van der Waals surface area contributed by atoms with Crippen LogP contribution in [0.4, 0.5) is 0 Å². The summed E-state index contributed by atoms with van der Waals surface area (Å²) in [7, 11) is 3.53. The number of hydrogen-bond donors (Lipinski definition) is 1. The van der Waals surface area contributed by atoms with Crippen molar-refractivity contribution in [1.82, 2.24) is 9.78 Å². The molecule has 2 rings (SSSR count). The summed E-state index contributed by atoms with van der Waals surface area (Å²) in [4.78, 5) is 0. The molecule has 1 heterocycles. The predicted octanol–water partition coefficient (Wildman–Crippen LogP) is 1.90. The van der Waals surface area contributed by atoms with Crippen molar-refractivity contribution >= 4 is 12.4 Å². The minimum Gasteiger partial charge on any atom is -0.497 e. The van der Waals surface area contributed by atoms with Crippen LogP contribution in [-0.2, 0) is 7.05 Å². The van der Waals surface area contributed by atoms with E-state index < -0.39 is 0 Å². The molecule has 17 heavy (non-hydrogen) atoms. The largest absolute Gasteiger partial charge is 0.497 e. The molecular weight excluding hydrogens is 238 g/mol. The first kappa shape index (κ1) is 13.5. The minimum atomic E-state index is -0.139. The van der Waals surface area contributed by atoms with E-state index in [2.05, 4.69) is 5.10 Å². The van der Waals surface area contributed by atoms with Gasteiger partial charge in [-0.15, -0.1) is 12.4 Å². The van der Waals surface area contributed by atoms with Gasteiger partial charge < -0.3 is 10.5 Å². The molecule has 0 saturated carbocycles. The number of nitrogens with two attached hydrogens (primary N) is 1. The fourth-order valence-electron chi connectivity index (χ4n) is 1.60. The Balaban J connectivity index is 0.00000144. The predicted molar refractivity (Wildman–Crippen MR) is 69.5 cm³/mol. The molecule has 1 atom stereocenters. The first-order valence-corrected chi connectivity index (χ1v) is 5.09. The molecule has 0 aliphatic heterocycles. The summed E-state index contributed by atoms with van der Waals surface area (Å²) in [5, 5.41) is 4.11. The Labute approximate surface area is 107 Å². The quantitative estimate of drug-likeness (QED) is 0.909. The molecule has 2 N–H and O–H groups in total. The maximum absolute atomic E-state index is 6.13. The molecule has 2 aromatic rings. The van der Waals surface area contributed by atoms with E-state index in [4.69, 9.17) is 10.5 Å². The van der Waals surface area contributed by atoms with Gasteiger partial charge in [0.05, 0.1) is 19.3 Å². The minimum absolute atomic E-state index is 0. The van der Waals surface area contributed by atoms with E-state index in [1.807, 2.05) is 37.5 Å². The van der Waals surface area contributed by atoms with Gasteiger partial charge >= 0.3 is 0 Å². The van der Waals surface area contributed by atoms with E-state index in [0.717, 1.165) is 16.9 Å². The van der Waals surface area contributed by atoms with E-state index >= 15 is 0 Å². The van der Waals surface area contributed by atoms with Crippen LogP contribution in [0.2, 0.25) is 0 Å². The van der Waals surface area contributed by atoms with Crippen LogP contribution < -0.4 is 10.5 Å². The fourth-order valence-corrected chi connectivity index (χ4v) is 1.60. The van der Waals surface area contributed by atoms with E-state index in [1.165, 1.54) is 0 Å². The second kappa shape index (κ2) is 5.70. The molecule has 1 aromatic carbocycles. The topological polar surface area (TPSA) is 53.1 Å². The number of halogens is 1. The number of nitrogens with zero attached hydrogens (tertiary/aromatic N) is 2. The van der Waals surface area contributed by atoms with Gasteiger partial charge in [-0.2, -0.15) is 5.10 Å². The standard InChI is InChI=1S/C12H15N3O.ClH/c1-15-8-10(7-14-15)12(13)9-3-5-11(16-2)6-4-9;/h3-8,12H,13H2,1-2H3;1H/t12-;/m0./s1. The van der Waals surface area contributed by atoms with E-state index in [0.29, 0.717) is 0 Å². The van der Waals surface area contributed by atoms with Crippen LogP contribution in [-0.4, -0.2) is 16.9 Å². The maximum atomic E-state index is 6.13. The fraction of sp³-hybridized carbons (Fsp3) is 0.250. The SMILES string of the molecule is COc1ccc([C@H](N)c2cnn(C)c2)cc1.Cl. The van der Waals surface area contributed by atoms with Gasteiger partial charge in [-0.3, -0.25) is 4.68 Å². The molecule has 0 radical (unpaired) electrons. The number of hydrogen-bond acceptors (Lipinski definition) is 3. The number of benzene rings is 1. The molecular formula is C12H16ClN3O. The van der Waals surface area contributed by atoms with Gasteiger partial charge in [0.15, 0.2) is 0 Å². The molecule has 1 aromatic heterocycles. The molecule has 0 aliphatic rings. The molecule has 92 valence electrons. The van der Waals surface area contributed by atoms with E-state index in [9.17, 15) is 0 Å². The lowest BCUT2D eigenvalue weighted by Crippen LogP contribution is -2.10. The van der Waals surface area contributed by atoms with Crippen molar-refractivity contribution in [2.24, 2.45) is 12.8 Å². The van der Waals surface area contributed by atoms with Crippen molar-refractivity contribution < 1.29 is 4.74 Å². The normalized spacial score (nSPS) is 11.7. The highest BCUT2D eigenvalue weighted by molar-refractivity contribution is 5.85. The Kier molecular flexibility index (Phi) is 4.54. The zero-order chi connectivity index (χ0) is 11.5. The van der Waals surface area contributed by atoms with Gasteiger partial charge in [0.25, 0.3) is 0 Å². The molecule has 0 spiro atoms. The van der Waals surface area contributed by atoms with Crippen LogP contribution in [0.25, 0.3) is 0 Å². The van der Waals surface area contributed by atoms with Crippen molar-refractivity contribution in [2.75, 3.05) is 7.11 Å². The summed E-state index contributed by atoms with van der Waals surface area (Å²) in [5.41, 5.74) is 8.18. The Hall–Kier alpha value is -1.52. The van der Waals surface area contributed by atoms with Crippen molar-refractivity contribution in [3.8, 4) is 5.75 Å². The van der Waals surface area contributed by atoms with Crippen molar-refractivity contribution in [2.45, 2.75) is 6.04 Å². The van der Waals surface area contributed by atoms with Gasteiger partial charge in [-0.1, -0.05) is 12.1 Å². The molecule has 5 heteroatoms. The summed E-state index contributed by atoms with van der Waals surface area (Å²) in [5.74, 6) is 0.835. The monoisotopic (exact) mass is 253 g/mol. The number of rotatable bonds is 3. The van der Waals surface area contributed by atoms with Crippen molar-refractivity contribution in [3.63, 3.8) is 0 Å². The van der Waals surface area contributed by atoms with Gasteiger partial charge in [-0.05, 0) is 17.7 Å².